The van der Waals surface area contributed by atoms with Gasteiger partial charge in [0.25, 0.3) is 0 Å². The minimum atomic E-state index is -5.27. The van der Waals surface area contributed by atoms with Gasteiger partial charge in [-0.3, -0.25) is 24.3 Å². The van der Waals surface area contributed by atoms with Crippen LogP contribution in [-0.4, -0.2) is 50.7 Å². The van der Waals surface area contributed by atoms with Gasteiger partial charge < -0.3 is 14.9 Å². The molecule has 1 radical (unpaired) electrons. The standard InChI is InChI=1S/C46H89NO7P/c1-3-5-7-9-11-13-15-17-19-23-27-31-35-39-43(49)45(51)46(55(52,53)54,47-41-37-33-29-25-21-22-26-30-34-38-42-48)44(50)40-36-32-28-24-20-18-16-14-12-10-8-6-4-2/h45,47,51H,3-41H2,1-2H3,(H2,52,53,54). The van der Waals surface area contributed by atoms with Crippen LogP contribution < -0.4 is 5.32 Å². The molecule has 0 bridgehead atoms. The molecule has 2 atom stereocenters. The molecule has 55 heavy (non-hydrogen) atoms. The van der Waals surface area contributed by atoms with E-state index in [2.05, 4.69) is 19.2 Å². The van der Waals surface area contributed by atoms with E-state index in [0.29, 0.717) is 25.7 Å². The van der Waals surface area contributed by atoms with Crippen LogP contribution in [0, 0.1) is 0 Å². The Morgan fingerprint density at radius 2 is 0.818 bits per heavy atom. The Labute approximate surface area is 339 Å². The largest absolute Gasteiger partial charge is 0.382 e. The molecule has 0 aromatic heterocycles. The second-order valence-corrected chi connectivity index (χ2v) is 18.4. The number of aliphatic hydroxyl groups excluding tert-OH is 1. The summed E-state index contributed by atoms with van der Waals surface area (Å²) in [4.78, 5) is 58.8. The highest BCUT2D eigenvalue weighted by Gasteiger charge is 2.59. The fourth-order valence-electron chi connectivity index (χ4n) is 7.79. The van der Waals surface area contributed by atoms with Crippen LogP contribution >= 0.6 is 7.60 Å². The van der Waals surface area contributed by atoms with E-state index in [-0.39, 0.29) is 19.4 Å². The van der Waals surface area contributed by atoms with Crippen molar-refractivity contribution in [1.82, 2.24) is 5.32 Å². The topological polar surface area (TPSA) is 141 Å². The van der Waals surface area contributed by atoms with E-state index in [0.717, 1.165) is 96.3 Å². The lowest BCUT2D eigenvalue weighted by Crippen LogP contribution is -2.62. The van der Waals surface area contributed by atoms with Crippen LogP contribution in [0.5, 0.6) is 0 Å². The third-order valence-corrected chi connectivity index (χ3v) is 13.0. The summed E-state index contributed by atoms with van der Waals surface area (Å²) in [5.74, 6) is -1.41. The highest BCUT2D eigenvalue weighted by Crippen LogP contribution is 2.52. The predicted octanol–water partition coefficient (Wildman–Crippen LogP) is 12.9. The first kappa shape index (κ1) is 54.1. The Hall–Kier alpha value is -0.920. The molecule has 0 aromatic carbocycles. The molecule has 4 N–H and O–H groups in total. The zero-order chi connectivity index (χ0) is 40.7. The maximum absolute atomic E-state index is 13.8. The number of hydrogen-bond donors (Lipinski definition) is 4. The molecule has 0 saturated heterocycles. The van der Waals surface area contributed by atoms with Crippen molar-refractivity contribution in [3.63, 3.8) is 0 Å². The van der Waals surface area contributed by atoms with Gasteiger partial charge in [-0.1, -0.05) is 213 Å². The highest BCUT2D eigenvalue weighted by molar-refractivity contribution is 7.55. The zero-order valence-electron chi connectivity index (χ0n) is 36.1. The van der Waals surface area contributed by atoms with Crippen LogP contribution in [0.1, 0.15) is 258 Å². The number of carbonyl (C=O) groups excluding carboxylic acids is 3. The summed E-state index contributed by atoms with van der Waals surface area (Å²) in [7, 11) is -5.27. The van der Waals surface area contributed by atoms with Crippen molar-refractivity contribution in [3.05, 3.63) is 0 Å². The van der Waals surface area contributed by atoms with Gasteiger partial charge >= 0.3 is 7.60 Å². The average Bonchev–Trinajstić information content (AvgIpc) is 3.16. The molecule has 0 aromatic rings. The smallest absolute Gasteiger partial charge is 0.356 e. The van der Waals surface area contributed by atoms with Crippen molar-refractivity contribution in [2.75, 3.05) is 6.54 Å². The molecule has 0 spiro atoms. The average molecular weight is 799 g/mol. The first-order valence-electron chi connectivity index (χ1n) is 23.6. The molecular formula is C46H89NO7P. The van der Waals surface area contributed by atoms with Gasteiger partial charge in [-0.15, -0.1) is 0 Å². The van der Waals surface area contributed by atoms with E-state index in [1.165, 1.54) is 109 Å². The minimum Gasteiger partial charge on any atom is -0.382 e. The van der Waals surface area contributed by atoms with Crippen LogP contribution in [-0.2, 0) is 18.9 Å². The Morgan fingerprint density at radius 3 is 1.16 bits per heavy atom. The number of nitrogens with one attached hydrogen (secondary N) is 1. The number of carbonyl (C=O) groups is 2. The molecule has 8 nitrogen and oxygen atoms in total. The van der Waals surface area contributed by atoms with Gasteiger partial charge in [0, 0.05) is 19.3 Å². The number of aliphatic hydroxyl groups is 1. The summed E-state index contributed by atoms with van der Waals surface area (Å²) in [6.07, 6.45) is 38.7. The fourth-order valence-corrected chi connectivity index (χ4v) is 9.01. The minimum absolute atomic E-state index is 0.00176. The van der Waals surface area contributed by atoms with E-state index in [9.17, 15) is 33.8 Å². The maximum Gasteiger partial charge on any atom is 0.356 e. The molecule has 0 fully saturated rings. The van der Waals surface area contributed by atoms with E-state index in [1.807, 2.05) is 6.29 Å². The Kier molecular flexibility index (Phi) is 37.9. The van der Waals surface area contributed by atoms with Crippen LogP contribution in [0.4, 0.5) is 0 Å². The van der Waals surface area contributed by atoms with Gasteiger partial charge in [0.15, 0.2) is 17.9 Å². The van der Waals surface area contributed by atoms with E-state index in [1.54, 1.807) is 0 Å². The Morgan fingerprint density at radius 1 is 0.509 bits per heavy atom. The van der Waals surface area contributed by atoms with Crippen molar-refractivity contribution in [3.8, 4) is 0 Å². The lowest BCUT2D eigenvalue weighted by molar-refractivity contribution is -0.138. The van der Waals surface area contributed by atoms with E-state index >= 15 is 0 Å². The summed E-state index contributed by atoms with van der Waals surface area (Å²) in [5.41, 5.74) is 0. The van der Waals surface area contributed by atoms with Crippen LogP contribution in [0.3, 0.4) is 0 Å². The summed E-state index contributed by atoms with van der Waals surface area (Å²) in [6, 6.07) is 0. The molecule has 2 unspecified atom stereocenters. The predicted molar refractivity (Wildman–Crippen MR) is 231 cm³/mol. The van der Waals surface area contributed by atoms with Gasteiger partial charge in [0.05, 0.1) is 0 Å². The van der Waals surface area contributed by atoms with Crippen molar-refractivity contribution in [1.29, 1.82) is 0 Å². The van der Waals surface area contributed by atoms with Crippen molar-refractivity contribution >= 4 is 25.4 Å². The molecule has 9 heteroatoms. The van der Waals surface area contributed by atoms with Crippen LogP contribution in [0.25, 0.3) is 0 Å². The second-order valence-electron chi connectivity index (χ2n) is 16.6. The van der Waals surface area contributed by atoms with E-state index < -0.39 is 30.5 Å². The Balaban J connectivity index is 4.94. The van der Waals surface area contributed by atoms with Gasteiger partial charge in [-0.25, -0.2) is 0 Å². The number of Topliss-reactive ketones (excluding diaryl/α,β-unsaturated/α-hetero) is 2. The van der Waals surface area contributed by atoms with Crippen molar-refractivity contribution in [2.45, 2.75) is 269 Å². The number of unbranched alkanes of at least 4 members (excludes halogenated alkanes) is 33. The normalized spacial score (nSPS) is 13.5. The quantitative estimate of drug-likeness (QED) is 0.0352. The van der Waals surface area contributed by atoms with Crippen LogP contribution in [0.15, 0.2) is 0 Å². The molecule has 0 heterocycles. The lowest BCUT2D eigenvalue weighted by atomic mass is 9.94. The highest BCUT2D eigenvalue weighted by atomic mass is 31.2. The van der Waals surface area contributed by atoms with E-state index in [4.69, 9.17) is 0 Å². The van der Waals surface area contributed by atoms with Crippen molar-refractivity contribution in [2.24, 2.45) is 0 Å². The lowest BCUT2D eigenvalue weighted by Gasteiger charge is -2.37. The SMILES string of the molecule is CCCCCCCCCCCCCCCC(=O)C(O)C(NCCCCCCCCCCC[C]=O)(C(=O)CCCCCCCCCCCCCCC)P(=O)(O)O. The summed E-state index contributed by atoms with van der Waals surface area (Å²) >= 11 is 0. The fraction of sp³-hybridized carbons (Fsp3) is 0.935. The summed E-state index contributed by atoms with van der Waals surface area (Å²) in [6.45, 7) is 4.62. The molecule has 0 amide bonds. The number of rotatable bonds is 45. The molecule has 325 valence electrons. The first-order chi connectivity index (χ1) is 26.7. The van der Waals surface area contributed by atoms with Gasteiger partial charge in [-0.05, 0) is 32.2 Å². The van der Waals surface area contributed by atoms with Crippen LogP contribution in [0.2, 0.25) is 0 Å². The maximum atomic E-state index is 13.8. The zero-order valence-corrected chi connectivity index (χ0v) is 37.0. The second kappa shape index (κ2) is 38.6. The number of ketones is 2. The van der Waals surface area contributed by atoms with Crippen molar-refractivity contribution < 1.29 is 33.8 Å². The Bertz CT molecular complexity index is 941. The third-order valence-electron chi connectivity index (χ3n) is 11.5. The molecule has 0 saturated carbocycles. The van der Waals surface area contributed by atoms with Gasteiger partial charge in [0.2, 0.25) is 5.28 Å². The molecular weight excluding hydrogens is 709 g/mol. The van der Waals surface area contributed by atoms with Gasteiger partial charge in [-0.2, -0.15) is 0 Å². The third kappa shape index (κ3) is 29.0. The first-order valence-corrected chi connectivity index (χ1v) is 25.2. The summed E-state index contributed by atoms with van der Waals surface area (Å²) < 4.78 is 13.2. The number of hydrogen-bond acceptors (Lipinski definition) is 6. The van der Waals surface area contributed by atoms with Gasteiger partial charge in [0.1, 0.15) is 6.10 Å². The molecule has 0 rings (SSSR count). The molecule has 0 aliphatic rings. The molecule has 0 aliphatic heterocycles. The summed E-state index contributed by atoms with van der Waals surface area (Å²) in [5, 5.41) is 11.6. The monoisotopic (exact) mass is 799 g/mol. The molecule has 0 aliphatic carbocycles.